The topological polar surface area (TPSA) is 64.0 Å². The number of carbonyl (C=O) groups is 1. The second-order valence-corrected chi connectivity index (χ2v) is 7.79. The third-order valence-corrected chi connectivity index (χ3v) is 5.24. The van der Waals surface area contributed by atoms with Crippen molar-refractivity contribution in [2.24, 2.45) is 0 Å². The van der Waals surface area contributed by atoms with Crippen LogP contribution >= 0.6 is 0 Å². The van der Waals surface area contributed by atoms with Gasteiger partial charge in [0, 0.05) is 24.6 Å². The number of amides is 1. The molecule has 1 fully saturated rings. The lowest BCUT2D eigenvalue weighted by Gasteiger charge is -2.15. The van der Waals surface area contributed by atoms with Gasteiger partial charge in [-0.3, -0.25) is 14.2 Å². The van der Waals surface area contributed by atoms with E-state index in [1.165, 1.54) is 4.57 Å². The van der Waals surface area contributed by atoms with Gasteiger partial charge < -0.3 is 5.32 Å². The van der Waals surface area contributed by atoms with Crippen molar-refractivity contribution in [1.29, 1.82) is 0 Å². The molecule has 1 aromatic heterocycles. The van der Waals surface area contributed by atoms with Gasteiger partial charge in [-0.25, -0.2) is 4.98 Å². The number of aryl methyl sites for hydroxylation is 1. The van der Waals surface area contributed by atoms with Gasteiger partial charge in [0.25, 0.3) is 5.56 Å². The minimum atomic E-state index is -5.02. The van der Waals surface area contributed by atoms with Crippen molar-refractivity contribution in [3.8, 4) is 0 Å². The van der Waals surface area contributed by atoms with Crippen molar-refractivity contribution < 1.29 is 31.1 Å². The van der Waals surface area contributed by atoms with E-state index in [0.29, 0.717) is 28.9 Å². The van der Waals surface area contributed by atoms with Crippen molar-refractivity contribution in [3.05, 3.63) is 69.8 Å². The van der Waals surface area contributed by atoms with Crippen LogP contribution in [0.25, 0.3) is 10.9 Å². The lowest BCUT2D eigenvalue weighted by atomic mass is 10.1. The second-order valence-electron chi connectivity index (χ2n) is 7.79. The largest absolute Gasteiger partial charge is 0.416 e. The molecule has 0 atom stereocenters. The summed E-state index contributed by atoms with van der Waals surface area (Å²) in [6, 6.07) is 7.56. The standard InChI is InChI=1S/C22H17F6N3O2/c23-21(24,25)12-9-13(22(26,27)28)11-14(10-12)29-19(32)8-7-18-30-17-4-2-1-3-16(17)20(33)31(18)15-5-6-15/h1-4,9-11,15H,5-8H2,(H,29,32). The van der Waals surface area contributed by atoms with Crippen LogP contribution in [0.3, 0.4) is 0 Å². The maximum absolute atomic E-state index is 13.0. The van der Waals surface area contributed by atoms with Crippen molar-refractivity contribution in [2.75, 3.05) is 5.32 Å². The molecule has 0 aliphatic heterocycles. The first kappa shape index (κ1) is 22.8. The number of rotatable bonds is 5. The molecule has 1 aliphatic carbocycles. The normalized spacial score (nSPS) is 14.5. The van der Waals surface area contributed by atoms with E-state index >= 15 is 0 Å². The second kappa shape index (κ2) is 8.20. The Morgan fingerprint density at radius 1 is 1.00 bits per heavy atom. The van der Waals surface area contributed by atoms with Gasteiger partial charge in [0.2, 0.25) is 5.91 Å². The molecule has 1 N–H and O–H groups in total. The zero-order valence-electron chi connectivity index (χ0n) is 16.9. The highest BCUT2D eigenvalue weighted by Crippen LogP contribution is 2.38. The van der Waals surface area contributed by atoms with E-state index in [2.05, 4.69) is 10.3 Å². The number of hydrogen-bond acceptors (Lipinski definition) is 3. The Kier molecular flexibility index (Phi) is 5.67. The quantitative estimate of drug-likeness (QED) is 0.513. The zero-order chi connectivity index (χ0) is 24.0. The van der Waals surface area contributed by atoms with E-state index in [1.807, 2.05) is 0 Å². The Morgan fingerprint density at radius 3 is 2.18 bits per heavy atom. The minimum Gasteiger partial charge on any atom is -0.326 e. The summed E-state index contributed by atoms with van der Waals surface area (Å²) in [5.74, 6) is -0.455. The first-order valence-electron chi connectivity index (χ1n) is 10.0. The maximum Gasteiger partial charge on any atom is 0.416 e. The number of hydrogen-bond donors (Lipinski definition) is 1. The first-order valence-corrected chi connectivity index (χ1v) is 10.0. The summed E-state index contributed by atoms with van der Waals surface area (Å²) < 4.78 is 79.6. The number of nitrogens with one attached hydrogen (secondary N) is 1. The number of fused-ring (bicyclic) bond motifs is 1. The van der Waals surface area contributed by atoms with Crippen LogP contribution in [0.5, 0.6) is 0 Å². The molecule has 5 nitrogen and oxygen atoms in total. The van der Waals surface area contributed by atoms with Crippen LogP contribution in [0, 0.1) is 0 Å². The van der Waals surface area contributed by atoms with Gasteiger partial charge in [0.05, 0.1) is 22.0 Å². The summed E-state index contributed by atoms with van der Waals surface area (Å²) in [4.78, 5) is 29.7. The molecule has 1 aliphatic rings. The fraction of sp³-hybridized carbons (Fsp3) is 0.318. The van der Waals surface area contributed by atoms with E-state index in [4.69, 9.17) is 0 Å². The van der Waals surface area contributed by atoms with E-state index < -0.39 is 35.1 Å². The molecule has 0 bridgehead atoms. The lowest BCUT2D eigenvalue weighted by molar-refractivity contribution is -0.143. The predicted octanol–water partition coefficient (Wildman–Crippen LogP) is 5.34. The number of benzene rings is 2. The van der Waals surface area contributed by atoms with Crippen LogP contribution in [-0.2, 0) is 23.6 Å². The monoisotopic (exact) mass is 469 g/mol. The molecule has 11 heteroatoms. The number of aromatic nitrogens is 2. The average molecular weight is 469 g/mol. The molecule has 0 spiro atoms. The zero-order valence-corrected chi connectivity index (χ0v) is 16.9. The number of carbonyl (C=O) groups excluding carboxylic acids is 1. The Morgan fingerprint density at radius 2 is 1.61 bits per heavy atom. The van der Waals surface area contributed by atoms with Gasteiger partial charge in [0.15, 0.2) is 0 Å². The number of para-hydroxylation sites is 1. The summed E-state index contributed by atoms with van der Waals surface area (Å²) in [5, 5.41) is 2.53. The number of alkyl halides is 6. The van der Waals surface area contributed by atoms with Gasteiger partial charge in [0.1, 0.15) is 5.82 Å². The molecule has 1 heterocycles. The van der Waals surface area contributed by atoms with E-state index in [0.717, 1.165) is 12.8 Å². The molecule has 174 valence electrons. The summed E-state index contributed by atoms with van der Waals surface area (Å²) in [6.07, 6.45) is -8.76. The Labute approximate surface area is 183 Å². The molecule has 2 aromatic carbocycles. The molecule has 4 rings (SSSR count). The third-order valence-electron chi connectivity index (χ3n) is 5.24. The Hall–Kier alpha value is -3.37. The highest BCUT2D eigenvalue weighted by molar-refractivity contribution is 5.91. The SMILES string of the molecule is O=C(CCc1nc2ccccc2c(=O)n1C1CC1)Nc1cc(C(F)(F)F)cc(C(F)(F)F)c1. The Balaban J connectivity index is 1.57. The molecule has 0 unspecified atom stereocenters. The number of anilines is 1. The van der Waals surface area contributed by atoms with Gasteiger partial charge in [-0.15, -0.1) is 0 Å². The highest BCUT2D eigenvalue weighted by Gasteiger charge is 2.37. The molecular formula is C22H17F6N3O2. The summed E-state index contributed by atoms with van der Waals surface area (Å²) in [5.41, 5.74) is -3.46. The minimum absolute atomic E-state index is 0.00645. The molecule has 0 radical (unpaired) electrons. The van der Waals surface area contributed by atoms with E-state index in [1.54, 1.807) is 24.3 Å². The van der Waals surface area contributed by atoms with Crippen molar-refractivity contribution >= 4 is 22.5 Å². The van der Waals surface area contributed by atoms with Crippen LogP contribution in [0.15, 0.2) is 47.3 Å². The van der Waals surface area contributed by atoms with Crippen molar-refractivity contribution in [1.82, 2.24) is 9.55 Å². The van der Waals surface area contributed by atoms with Crippen LogP contribution in [0.1, 0.15) is 42.3 Å². The van der Waals surface area contributed by atoms with Crippen LogP contribution in [-0.4, -0.2) is 15.5 Å². The van der Waals surface area contributed by atoms with Crippen molar-refractivity contribution in [3.63, 3.8) is 0 Å². The van der Waals surface area contributed by atoms with Crippen molar-refractivity contribution in [2.45, 2.75) is 44.1 Å². The first-order chi connectivity index (χ1) is 15.4. The fourth-order valence-electron chi connectivity index (χ4n) is 3.55. The molecular weight excluding hydrogens is 452 g/mol. The van der Waals surface area contributed by atoms with Crippen LogP contribution in [0.4, 0.5) is 32.0 Å². The van der Waals surface area contributed by atoms with Gasteiger partial charge in [-0.2, -0.15) is 26.3 Å². The summed E-state index contributed by atoms with van der Waals surface area (Å²) >= 11 is 0. The summed E-state index contributed by atoms with van der Waals surface area (Å²) in [6.45, 7) is 0. The Bertz CT molecular complexity index is 1240. The average Bonchev–Trinajstić information content (AvgIpc) is 3.56. The highest BCUT2D eigenvalue weighted by atomic mass is 19.4. The van der Waals surface area contributed by atoms with Crippen LogP contribution < -0.4 is 10.9 Å². The maximum atomic E-state index is 13.0. The number of nitrogens with zero attached hydrogens (tertiary/aromatic N) is 2. The predicted molar refractivity (Wildman–Crippen MR) is 108 cm³/mol. The van der Waals surface area contributed by atoms with Gasteiger partial charge >= 0.3 is 12.4 Å². The molecule has 3 aromatic rings. The van der Waals surface area contributed by atoms with E-state index in [-0.39, 0.29) is 30.5 Å². The molecule has 0 saturated heterocycles. The molecule has 1 amide bonds. The van der Waals surface area contributed by atoms with E-state index in [9.17, 15) is 35.9 Å². The smallest absolute Gasteiger partial charge is 0.326 e. The molecule has 1 saturated carbocycles. The third kappa shape index (κ3) is 5.01. The van der Waals surface area contributed by atoms with Gasteiger partial charge in [-0.05, 0) is 43.2 Å². The van der Waals surface area contributed by atoms with Gasteiger partial charge in [-0.1, -0.05) is 12.1 Å². The number of halogens is 6. The summed E-state index contributed by atoms with van der Waals surface area (Å²) in [7, 11) is 0. The molecule has 33 heavy (non-hydrogen) atoms. The fourth-order valence-corrected chi connectivity index (χ4v) is 3.55. The lowest BCUT2D eigenvalue weighted by Crippen LogP contribution is -2.25. The van der Waals surface area contributed by atoms with Crippen LogP contribution in [0.2, 0.25) is 0 Å².